The molecule has 1 N–H and O–H groups in total. The summed E-state index contributed by atoms with van der Waals surface area (Å²) in [6.45, 7) is 9.90. The maximum absolute atomic E-state index is 13.0. The van der Waals surface area contributed by atoms with Crippen LogP contribution in [0, 0.1) is 5.92 Å². The van der Waals surface area contributed by atoms with Gasteiger partial charge >= 0.3 is 0 Å². The summed E-state index contributed by atoms with van der Waals surface area (Å²) in [7, 11) is 0. The predicted octanol–water partition coefficient (Wildman–Crippen LogP) is 2.08. The van der Waals surface area contributed by atoms with E-state index in [1.54, 1.807) is 0 Å². The van der Waals surface area contributed by atoms with E-state index in [-0.39, 0.29) is 17.9 Å². The minimum absolute atomic E-state index is 0.0343. The average Bonchev–Trinajstić information content (AvgIpc) is 3.18. The number of carbonyl (C=O) groups is 2. The molecule has 0 radical (unpaired) electrons. The van der Waals surface area contributed by atoms with Gasteiger partial charge in [0.2, 0.25) is 11.8 Å². The largest absolute Gasteiger partial charge is 0.340 e. The molecule has 4 nitrogen and oxygen atoms in total. The first-order valence-corrected chi connectivity index (χ1v) is 7.49. The fourth-order valence-corrected chi connectivity index (χ4v) is 3.48. The van der Waals surface area contributed by atoms with Gasteiger partial charge in [-0.2, -0.15) is 0 Å². The fraction of sp³-hybridized carbons (Fsp3) is 0.867. The van der Waals surface area contributed by atoms with Crippen LogP contribution in [0.4, 0.5) is 0 Å². The lowest BCUT2D eigenvalue weighted by atomic mass is 9.79. The Labute approximate surface area is 115 Å². The molecule has 2 fully saturated rings. The summed E-state index contributed by atoms with van der Waals surface area (Å²) in [5, 5.41) is 3.05. The second kappa shape index (κ2) is 4.50. The molecule has 0 aromatic carbocycles. The third-order valence-corrected chi connectivity index (χ3v) is 5.04. The Morgan fingerprint density at radius 3 is 2.16 bits per heavy atom. The van der Waals surface area contributed by atoms with Crippen molar-refractivity contribution in [3.63, 3.8) is 0 Å². The molecule has 0 aromatic heterocycles. The van der Waals surface area contributed by atoms with Crippen LogP contribution in [-0.2, 0) is 9.59 Å². The van der Waals surface area contributed by atoms with Gasteiger partial charge in [-0.05, 0) is 52.4 Å². The molecule has 19 heavy (non-hydrogen) atoms. The Morgan fingerprint density at radius 1 is 1.26 bits per heavy atom. The second-order valence-electron chi connectivity index (χ2n) is 6.43. The zero-order valence-electron chi connectivity index (χ0n) is 12.7. The van der Waals surface area contributed by atoms with Crippen molar-refractivity contribution in [2.75, 3.05) is 0 Å². The zero-order valence-corrected chi connectivity index (χ0v) is 12.7. The normalized spacial score (nSPS) is 30.7. The number of nitrogens with zero attached hydrogens (tertiary/aromatic N) is 1. The number of rotatable bonds is 4. The molecule has 1 atom stereocenters. The summed E-state index contributed by atoms with van der Waals surface area (Å²) in [5.74, 6) is 0.457. The van der Waals surface area contributed by atoms with Crippen molar-refractivity contribution < 1.29 is 9.59 Å². The fourth-order valence-electron chi connectivity index (χ4n) is 3.48. The van der Waals surface area contributed by atoms with Crippen LogP contribution in [0.2, 0.25) is 0 Å². The molecule has 1 saturated heterocycles. The minimum atomic E-state index is -0.699. The lowest BCUT2D eigenvalue weighted by Crippen LogP contribution is -2.76. The van der Waals surface area contributed by atoms with E-state index < -0.39 is 11.1 Å². The van der Waals surface area contributed by atoms with Gasteiger partial charge in [0.25, 0.3) is 0 Å². The molecule has 1 aliphatic carbocycles. The molecule has 108 valence electrons. The van der Waals surface area contributed by atoms with Crippen LogP contribution in [-0.4, -0.2) is 33.8 Å². The first-order valence-electron chi connectivity index (χ1n) is 7.49. The van der Waals surface area contributed by atoms with Crippen LogP contribution in [0.5, 0.6) is 0 Å². The Balaban J connectivity index is 2.46. The van der Waals surface area contributed by atoms with Gasteiger partial charge in [-0.1, -0.05) is 13.8 Å². The van der Waals surface area contributed by atoms with E-state index in [0.29, 0.717) is 18.8 Å². The van der Waals surface area contributed by atoms with E-state index in [9.17, 15) is 9.59 Å². The third-order valence-electron chi connectivity index (χ3n) is 5.04. The van der Waals surface area contributed by atoms with Gasteiger partial charge in [0.05, 0.1) is 0 Å². The molecule has 0 aromatic rings. The average molecular weight is 266 g/mol. The predicted molar refractivity (Wildman–Crippen MR) is 74.6 cm³/mol. The van der Waals surface area contributed by atoms with Gasteiger partial charge in [-0.25, -0.2) is 0 Å². The minimum Gasteiger partial charge on any atom is -0.340 e. The number of hydrogen-bond acceptors (Lipinski definition) is 2. The smallest absolute Gasteiger partial charge is 0.249 e. The number of hydrogen-bond donors (Lipinski definition) is 1. The van der Waals surface area contributed by atoms with E-state index in [1.165, 1.54) is 0 Å². The highest BCUT2D eigenvalue weighted by Crippen LogP contribution is 2.47. The van der Waals surface area contributed by atoms with Gasteiger partial charge in [-0.3, -0.25) is 9.59 Å². The SMILES string of the molecule is CCC1(CC)NC(=O)C(C)(C2CC2)N(C(C)C)C1=O. The molecular formula is C15H26N2O2. The maximum atomic E-state index is 13.0. The van der Waals surface area contributed by atoms with Crippen molar-refractivity contribution in [2.24, 2.45) is 5.92 Å². The van der Waals surface area contributed by atoms with E-state index in [1.807, 2.05) is 39.5 Å². The quantitative estimate of drug-likeness (QED) is 0.847. The van der Waals surface area contributed by atoms with Crippen LogP contribution in [0.15, 0.2) is 0 Å². The van der Waals surface area contributed by atoms with Crippen LogP contribution in [0.3, 0.4) is 0 Å². The molecule has 4 heteroatoms. The monoisotopic (exact) mass is 266 g/mol. The highest BCUT2D eigenvalue weighted by Gasteiger charge is 2.61. The van der Waals surface area contributed by atoms with Gasteiger partial charge in [0, 0.05) is 6.04 Å². The van der Waals surface area contributed by atoms with E-state index in [0.717, 1.165) is 12.8 Å². The summed E-state index contributed by atoms with van der Waals surface area (Å²) < 4.78 is 0. The summed E-state index contributed by atoms with van der Waals surface area (Å²) in [6.07, 6.45) is 3.40. The molecule has 0 spiro atoms. The van der Waals surface area contributed by atoms with E-state index in [2.05, 4.69) is 5.32 Å². The first-order chi connectivity index (χ1) is 8.83. The van der Waals surface area contributed by atoms with Gasteiger partial charge in [-0.15, -0.1) is 0 Å². The van der Waals surface area contributed by atoms with Crippen molar-refractivity contribution in [3.05, 3.63) is 0 Å². The molecular weight excluding hydrogens is 240 g/mol. The number of nitrogens with one attached hydrogen (secondary N) is 1. The Morgan fingerprint density at radius 2 is 1.79 bits per heavy atom. The molecule has 1 saturated carbocycles. The number of piperazine rings is 1. The lowest BCUT2D eigenvalue weighted by Gasteiger charge is -2.53. The summed E-state index contributed by atoms with van der Waals surface area (Å²) >= 11 is 0. The van der Waals surface area contributed by atoms with Crippen molar-refractivity contribution in [2.45, 2.75) is 77.4 Å². The molecule has 0 bridgehead atoms. The molecule has 2 amide bonds. The van der Waals surface area contributed by atoms with Crippen molar-refractivity contribution in [3.8, 4) is 0 Å². The van der Waals surface area contributed by atoms with Crippen LogP contribution in [0.1, 0.15) is 60.3 Å². The van der Waals surface area contributed by atoms with Crippen LogP contribution >= 0.6 is 0 Å². The first kappa shape index (κ1) is 14.4. The van der Waals surface area contributed by atoms with Gasteiger partial charge in [0.1, 0.15) is 11.1 Å². The third kappa shape index (κ3) is 1.87. The molecule has 2 aliphatic rings. The van der Waals surface area contributed by atoms with Crippen molar-refractivity contribution in [1.82, 2.24) is 10.2 Å². The number of amides is 2. The Hall–Kier alpha value is -1.06. The van der Waals surface area contributed by atoms with Crippen LogP contribution in [0.25, 0.3) is 0 Å². The van der Waals surface area contributed by atoms with E-state index in [4.69, 9.17) is 0 Å². The summed E-state index contributed by atoms with van der Waals surface area (Å²) in [4.78, 5) is 27.5. The highest BCUT2D eigenvalue weighted by molar-refractivity contribution is 6.02. The molecule has 1 aliphatic heterocycles. The molecule has 1 unspecified atom stereocenters. The molecule has 1 heterocycles. The van der Waals surface area contributed by atoms with Crippen molar-refractivity contribution >= 4 is 11.8 Å². The summed E-state index contributed by atoms with van der Waals surface area (Å²) in [6, 6.07) is 0.0571. The number of carbonyl (C=O) groups excluding carboxylic acids is 2. The Bertz CT molecular complexity index is 397. The maximum Gasteiger partial charge on any atom is 0.249 e. The van der Waals surface area contributed by atoms with Crippen LogP contribution < -0.4 is 5.32 Å². The Kier molecular flexibility index (Phi) is 3.40. The molecule has 2 rings (SSSR count). The van der Waals surface area contributed by atoms with Gasteiger partial charge in [0.15, 0.2) is 0 Å². The van der Waals surface area contributed by atoms with E-state index >= 15 is 0 Å². The van der Waals surface area contributed by atoms with Gasteiger partial charge < -0.3 is 10.2 Å². The van der Waals surface area contributed by atoms with Crippen molar-refractivity contribution in [1.29, 1.82) is 0 Å². The zero-order chi connectivity index (χ0) is 14.4. The topological polar surface area (TPSA) is 49.4 Å². The standard InChI is InChI=1S/C15H26N2O2/c1-6-15(7-2)13(19)17(10(3)4)14(5,11-8-9-11)12(18)16-15/h10-11H,6-9H2,1-5H3,(H,16,18). The summed E-state index contributed by atoms with van der Waals surface area (Å²) in [5.41, 5.74) is -1.35. The lowest BCUT2D eigenvalue weighted by molar-refractivity contribution is -0.167. The second-order valence-corrected chi connectivity index (χ2v) is 6.43. The highest BCUT2D eigenvalue weighted by atomic mass is 16.2.